The molecule has 0 saturated carbocycles. The van der Waals surface area contributed by atoms with Crippen molar-refractivity contribution in [1.82, 2.24) is 0 Å². The van der Waals surface area contributed by atoms with Crippen molar-refractivity contribution in [3.8, 4) is 5.75 Å². The Hall–Kier alpha value is -2.02. The van der Waals surface area contributed by atoms with Gasteiger partial charge in [0.2, 0.25) is 0 Å². The molecule has 144 valence electrons. The SMILES string of the molecule is C/C(=C\c1ccc(OC(C)C)cc1)c1ccc2c(c1)C(C)(C)CCC2(C)C. The summed E-state index contributed by atoms with van der Waals surface area (Å²) < 4.78 is 5.74. The normalized spacial score (nSPS) is 18.3. The molecule has 0 heterocycles. The molecule has 0 N–H and O–H groups in total. The summed E-state index contributed by atoms with van der Waals surface area (Å²) in [7, 11) is 0. The van der Waals surface area contributed by atoms with Crippen LogP contribution in [0.5, 0.6) is 5.75 Å². The molecule has 3 rings (SSSR count). The summed E-state index contributed by atoms with van der Waals surface area (Å²) in [6.07, 6.45) is 4.97. The summed E-state index contributed by atoms with van der Waals surface area (Å²) in [5.74, 6) is 0.928. The number of benzene rings is 2. The van der Waals surface area contributed by atoms with Crippen molar-refractivity contribution in [3.63, 3.8) is 0 Å². The standard InChI is InChI=1S/C26H34O/c1-18(2)27-22-11-8-20(9-12-22)16-19(3)21-10-13-23-24(17-21)26(6,7)15-14-25(23,4)5/h8-13,16-18H,14-15H2,1-7H3/b19-16+. The third-order valence-electron chi connectivity index (χ3n) is 5.94. The van der Waals surface area contributed by atoms with Crippen molar-refractivity contribution in [1.29, 1.82) is 0 Å². The van der Waals surface area contributed by atoms with Crippen LogP contribution < -0.4 is 4.74 Å². The first kappa shape index (κ1) is 19.7. The van der Waals surface area contributed by atoms with Gasteiger partial charge < -0.3 is 4.74 Å². The van der Waals surface area contributed by atoms with E-state index in [-0.39, 0.29) is 16.9 Å². The zero-order chi connectivity index (χ0) is 19.8. The van der Waals surface area contributed by atoms with Gasteiger partial charge in [-0.15, -0.1) is 0 Å². The van der Waals surface area contributed by atoms with Gasteiger partial charge >= 0.3 is 0 Å². The number of hydrogen-bond donors (Lipinski definition) is 0. The van der Waals surface area contributed by atoms with E-state index < -0.39 is 0 Å². The Kier molecular flexibility index (Phi) is 5.25. The molecule has 0 atom stereocenters. The number of hydrogen-bond acceptors (Lipinski definition) is 1. The molecule has 0 bridgehead atoms. The molecule has 1 aliphatic carbocycles. The Morgan fingerprint density at radius 1 is 0.889 bits per heavy atom. The fraction of sp³-hybridized carbons (Fsp3) is 0.462. The lowest BCUT2D eigenvalue weighted by atomic mass is 9.63. The minimum atomic E-state index is 0.205. The molecule has 27 heavy (non-hydrogen) atoms. The third kappa shape index (κ3) is 4.29. The van der Waals surface area contributed by atoms with Crippen LogP contribution in [-0.2, 0) is 10.8 Å². The summed E-state index contributed by atoms with van der Waals surface area (Å²) in [5.41, 5.74) is 7.39. The van der Waals surface area contributed by atoms with Crippen LogP contribution in [0.3, 0.4) is 0 Å². The second-order valence-electron chi connectivity index (χ2n) is 9.59. The van der Waals surface area contributed by atoms with Gasteiger partial charge in [0.05, 0.1) is 6.10 Å². The lowest BCUT2D eigenvalue weighted by Crippen LogP contribution is -2.33. The molecule has 0 aliphatic heterocycles. The van der Waals surface area contributed by atoms with Crippen molar-refractivity contribution in [3.05, 3.63) is 64.7 Å². The Morgan fingerprint density at radius 2 is 1.48 bits per heavy atom. The highest BCUT2D eigenvalue weighted by Gasteiger charge is 2.36. The van der Waals surface area contributed by atoms with Gasteiger partial charge in [0, 0.05) is 0 Å². The van der Waals surface area contributed by atoms with Crippen LogP contribution in [0, 0.1) is 0 Å². The second-order valence-corrected chi connectivity index (χ2v) is 9.59. The van der Waals surface area contributed by atoms with Gasteiger partial charge in [-0.1, -0.05) is 64.1 Å². The minimum Gasteiger partial charge on any atom is -0.491 e. The molecule has 2 aromatic rings. The van der Waals surface area contributed by atoms with Crippen molar-refractivity contribution >= 4 is 11.6 Å². The van der Waals surface area contributed by atoms with Crippen LogP contribution in [0.15, 0.2) is 42.5 Å². The van der Waals surface area contributed by atoms with Gasteiger partial charge in [0.1, 0.15) is 5.75 Å². The highest BCUT2D eigenvalue weighted by Crippen LogP contribution is 2.46. The first-order chi connectivity index (χ1) is 12.6. The van der Waals surface area contributed by atoms with Crippen LogP contribution in [0.1, 0.15) is 83.6 Å². The predicted molar refractivity (Wildman–Crippen MR) is 117 cm³/mol. The van der Waals surface area contributed by atoms with E-state index in [4.69, 9.17) is 4.74 Å². The van der Waals surface area contributed by atoms with E-state index in [1.165, 1.54) is 40.7 Å². The Bertz CT molecular complexity index is 835. The fourth-order valence-electron chi connectivity index (χ4n) is 4.08. The summed E-state index contributed by atoms with van der Waals surface area (Å²) in [4.78, 5) is 0. The summed E-state index contributed by atoms with van der Waals surface area (Å²) in [6.45, 7) is 15.8. The zero-order valence-corrected chi connectivity index (χ0v) is 18.0. The number of fused-ring (bicyclic) bond motifs is 1. The molecule has 2 aromatic carbocycles. The van der Waals surface area contributed by atoms with Gasteiger partial charge in [0.25, 0.3) is 0 Å². The molecule has 0 spiro atoms. The van der Waals surface area contributed by atoms with Crippen molar-refractivity contribution in [2.24, 2.45) is 0 Å². The molecule has 0 radical (unpaired) electrons. The first-order valence-electron chi connectivity index (χ1n) is 10.2. The molecular weight excluding hydrogens is 328 g/mol. The highest BCUT2D eigenvalue weighted by atomic mass is 16.5. The zero-order valence-electron chi connectivity index (χ0n) is 18.0. The molecule has 0 amide bonds. The number of rotatable bonds is 4. The molecule has 1 nitrogen and oxygen atoms in total. The minimum absolute atomic E-state index is 0.205. The average Bonchev–Trinajstić information content (AvgIpc) is 2.60. The largest absolute Gasteiger partial charge is 0.491 e. The molecule has 1 heteroatoms. The van der Waals surface area contributed by atoms with E-state index in [2.05, 4.69) is 97.0 Å². The molecule has 0 fully saturated rings. The highest BCUT2D eigenvalue weighted by molar-refractivity contribution is 5.80. The maximum Gasteiger partial charge on any atom is 0.119 e. The van der Waals surface area contributed by atoms with E-state index >= 15 is 0 Å². The predicted octanol–water partition coefficient (Wildman–Crippen LogP) is 7.38. The van der Waals surface area contributed by atoms with Gasteiger partial charge in [-0.2, -0.15) is 0 Å². The van der Waals surface area contributed by atoms with Crippen molar-refractivity contribution in [2.75, 3.05) is 0 Å². The smallest absolute Gasteiger partial charge is 0.119 e. The van der Waals surface area contributed by atoms with Crippen LogP contribution >= 0.6 is 0 Å². The molecular formula is C26H34O. The number of allylic oxidation sites excluding steroid dienone is 1. The van der Waals surface area contributed by atoms with E-state index in [0.29, 0.717) is 0 Å². The van der Waals surface area contributed by atoms with E-state index in [1.54, 1.807) is 0 Å². The van der Waals surface area contributed by atoms with Crippen LogP contribution in [-0.4, -0.2) is 6.10 Å². The van der Waals surface area contributed by atoms with E-state index in [9.17, 15) is 0 Å². The maximum absolute atomic E-state index is 5.74. The van der Waals surface area contributed by atoms with E-state index in [0.717, 1.165) is 5.75 Å². The Balaban J connectivity index is 1.91. The Labute approximate surface area is 165 Å². The lowest BCUT2D eigenvalue weighted by molar-refractivity contribution is 0.242. The van der Waals surface area contributed by atoms with Crippen molar-refractivity contribution in [2.45, 2.75) is 78.2 Å². The van der Waals surface area contributed by atoms with Crippen LogP contribution in [0.25, 0.3) is 11.6 Å². The summed E-state index contributed by atoms with van der Waals surface area (Å²) in [6, 6.07) is 15.5. The monoisotopic (exact) mass is 362 g/mol. The summed E-state index contributed by atoms with van der Waals surface area (Å²) >= 11 is 0. The van der Waals surface area contributed by atoms with Gasteiger partial charge in [-0.05, 0) is 84.4 Å². The van der Waals surface area contributed by atoms with Gasteiger partial charge in [0.15, 0.2) is 0 Å². The third-order valence-corrected chi connectivity index (χ3v) is 5.94. The van der Waals surface area contributed by atoms with Crippen molar-refractivity contribution < 1.29 is 4.74 Å². The first-order valence-corrected chi connectivity index (χ1v) is 10.2. The molecule has 0 saturated heterocycles. The summed E-state index contributed by atoms with van der Waals surface area (Å²) in [5, 5.41) is 0. The van der Waals surface area contributed by atoms with Crippen LogP contribution in [0.2, 0.25) is 0 Å². The molecule has 1 aliphatic rings. The Morgan fingerprint density at radius 3 is 2.07 bits per heavy atom. The quantitative estimate of drug-likeness (QED) is 0.515. The average molecular weight is 363 g/mol. The maximum atomic E-state index is 5.74. The topological polar surface area (TPSA) is 9.23 Å². The molecule has 0 aromatic heterocycles. The number of ether oxygens (including phenoxy) is 1. The van der Waals surface area contributed by atoms with E-state index in [1.807, 2.05) is 0 Å². The lowest BCUT2D eigenvalue weighted by Gasteiger charge is -2.42. The second kappa shape index (κ2) is 7.19. The van der Waals surface area contributed by atoms with Gasteiger partial charge in [-0.3, -0.25) is 0 Å². The van der Waals surface area contributed by atoms with Crippen LogP contribution in [0.4, 0.5) is 0 Å². The molecule has 0 unspecified atom stereocenters. The fourth-order valence-corrected chi connectivity index (χ4v) is 4.08. The van der Waals surface area contributed by atoms with Gasteiger partial charge in [-0.25, -0.2) is 0 Å².